The lowest BCUT2D eigenvalue weighted by molar-refractivity contribution is -0.133. The summed E-state index contributed by atoms with van der Waals surface area (Å²) < 4.78 is 15.1. The maximum absolute atomic E-state index is 12.4. The van der Waals surface area contributed by atoms with Crippen LogP contribution in [0.2, 0.25) is 0 Å². The Morgan fingerprint density at radius 2 is 1.35 bits per heavy atom. The lowest BCUT2D eigenvalue weighted by atomic mass is 10.2. The highest BCUT2D eigenvalue weighted by atomic mass is 32.2. The minimum absolute atomic E-state index is 0.0494. The SMILES string of the molecule is CC(=O)Oc1c2c(c(OC(C)=O)c3c1SC(=c1c(C)nn4nc(C)nc14)S3)SC(=C1c3nc(C)nn3NC1C)S2. The number of carbonyl (C=O) groups excluding carboxylic acids is 2. The smallest absolute Gasteiger partial charge is 0.308 e. The number of fused-ring (bicyclic) bond motifs is 4. The summed E-state index contributed by atoms with van der Waals surface area (Å²) >= 11 is 5.84. The first-order valence-electron chi connectivity index (χ1n) is 12.1. The Hall–Kier alpha value is -3.21. The van der Waals surface area contributed by atoms with E-state index in [1.165, 1.54) is 65.5 Å². The molecule has 0 aliphatic carbocycles. The monoisotopic (exact) mass is 612 g/mol. The summed E-state index contributed by atoms with van der Waals surface area (Å²) in [7, 11) is 0. The number of nitrogens with zero attached hydrogens (tertiary/aromatic N) is 7. The maximum Gasteiger partial charge on any atom is 0.308 e. The highest BCUT2D eigenvalue weighted by Crippen LogP contribution is 2.69. The van der Waals surface area contributed by atoms with Gasteiger partial charge in [-0.15, -0.1) is 14.8 Å². The summed E-state index contributed by atoms with van der Waals surface area (Å²) in [5.41, 5.74) is 5.70. The fraction of sp³-hybridized carbons (Fsp3) is 0.292. The van der Waals surface area contributed by atoms with Crippen LogP contribution in [0.5, 0.6) is 11.5 Å². The van der Waals surface area contributed by atoms with Gasteiger partial charge in [0.15, 0.2) is 23.0 Å². The van der Waals surface area contributed by atoms with Crippen molar-refractivity contribution in [2.75, 3.05) is 5.43 Å². The Morgan fingerprint density at radius 3 is 1.93 bits per heavy atom. The first kappa shape index (κ1) is 25.7. The van der Waals surface area contributed by atoms with Crippen LogP contribution >= 0.6 is 47.0 Å². The van der Waals surface area contributed by atoms with Crippen molar-refractivity contribution >= 4 is 74.4 Å². The molecule has 16 heteroatoms. The van der Waals surface area contributed by atoms with Crippen molar-refractivity contribution in [2.24, 2.45) is 0 Å². The van der Waals surface area contributed by atoms with Crippen LogP contribution in [0.25, 0.3) is 15.5 Å². The van der Waals surface area contributed by atoms with Crippen molar-refractivity contribution in [3.8, 4) is 11.5 Å². The van der Waals surface area contributed by atoms with Gasteiger partial charge in [0.05, 0.1) is 45.0 Å². The van der Waals surface area contributed by atoms with Gasteiger partial charge in [0.2, 0.25) is 0 Å². The van der Waals surface area contributed by atoms with Crippen LogP contribution in [0.4, 0.5) is 0 Å². The van der Waals surface area contributed by atoms with Crippen molar-refractivity contribution in [1.29, 1.82) is 0 Å². The second-order valence-corrected chi connectivity index (χ2v) is 13.8. The third-order valence-corrected chi connectivity index (χ3v) is 11.4. The van der Waals surface area contributed by atoms with E-state index in [9.17, 15) is 9.59 Å². The molecule has 4 aromatic rings. The van der Waals surface area contributed by atoms with E-state index in [-0.39, 0.29) is 6.04 Å². The van der Waals surface area contributed by atoms with Gasteiger partial charge in [0, 0.05) is 19.4 Å². The number of esters is 2. The maximum atomic E-state index is 12.4. The predicted molar refractivity (Wildman–Crippen MR) is 152 cm³/mol. The number of hydrogen-bond acceptors (Lipinski definition) is 14. The minimum atomic E-state index is -0.441. The molecule has 1 atom stereocenters. The minimum Gasteiger partial charge on any atom is -0.424 e. The van der Waals surface area contributed by atoms with E-state index in [1.807, 2.05) is 27.7 Å². The molecule has 204 valence electrons. The molecule has 0 bridgehead atoms. The third-order valence-electron chi connectivity index (χ3n) is 6.16. The number of thioether (sulfide) groups is 4. The topological polar surface area (TPSA) is 138 Å². The first-order valence-corrected chi connectivity index (χ1v) is 15.4. The molecule has 3 aliphatic rings. The van der Waals surface area contributed by atoms with E-state index in [0.717, 1.165) is 40.6 Å². The van der Waals surface area contributed by atoms with Crippen LogP contribution in [0.1, 0.15) is 43.9 Å². The molecule has 6 heterocycles. The van der Waals surface area contributed by atoms with E-state index in [4.69, 9.17) is 9.47 Å². The number of nitrogens with one attached hydrogen (secondary N) is 1. The highest BCUT2D eigenvalue weighted by molar-refractivity contribution is 8.32. The number of ether oxygens (including phenoxy) is 2. The first-order chi connectivity index (χ1) is 19.1. The fourth-order valence-corrected chi connectivity index (χ4v) is 10.5. The summed E-state index contributed by atoms with van der Waals surface area (Å²) in [4.78, 5) is 38.4. The van der Waals surface area contributed by atoms with Gasteiger partial charge >= 0.3 is 11.9 Å². The van der Waals surface area contributed by atoms with Gasteiger partial charge in [-0.2, -0.15) is 9.89 Å². The summed E-state index contributed by atoms with van der Waals surface area (Å²) in [6.45, 7) is 10.4. The Morgan fingerprint density at radius 1 is 0.800 bits per heavy atom. The lowest BCUT2D eigenvalue weighted by Crippen LogP contribution is -2.18. The zero-order valence-electron chi connectivity index (χ0n) is 22.0. The molecule has 0 saturated carbocycles. The van der Waals surface area contributed by atoms with E-state index in [1.54, 1.807) is 4.79 Å². The molecule has 40 heavy (non-hydrogen) atoms. The van der Waals surface area contributed by atoms with Crippen LogP contribution in [-0.4, -0.2) is 52.7 Å². The molecule has 7 rings (SSSR count). The molecule has 0 fully saturated rings. The molecule has 1 aromatic carbocycles. The molecular weight excluding hydrogens is 593 g/mol. The largest absolute Gasteiger partial charge is 0.424 e. The second kappa shape index (κ2) is 9.15. The summed E-state index contributed by atoms with van der Waals surface area (Å²) in [6, 6.07) is -0.0494. The molecule has 3 aliphatic heterocycles. The molecular formula is C24H20N8O4S4. The number of rotatable bonds is 2. The average Bonchev–Trinajstić information content (AvgIpc) is 3.67. The van der Waals surface area contributed by atoms with Crippen LogP contribution in [0.15, 0.2) is 23.8 Å². The second-order valence-electron chi connectivity index (χ2n) is 9.24. The predicted octanol–water partition coefficient (Wildman–Crippen LogP) is 3.69. The fourth-order valence-electron chi connectivity index (χ4n) is 4.70. The van der Waals surface area contributed by atoms with Gasteiger partial charge in [0.25, 0.3) is 0 Å². The van der Waals surface area contributed by atoms with Crippen molar-refractivity contribution in [2.45, 2.75) is 67.2 Å². The standard InChI is InChI=1S/C24H20N8O4S4/c1-7-13(21-25-9(3)29-31(21)27-7)23-37-17-15(35-11(5)33)19-20(16(18(17)38-23)36-12(6)34)40-24(39-19)14-8(2)28-32-22(14)26-10(4)30-32/h7,27H,1-6H3. The molecule has 12 nitrogen and oxygen atoms in total. The Kier molecular flexibility index (Phi) is 5.89. The van der Waals surface area contributed by atoms with Crippen molar-refractivity contribution < 1.29 is 19.1 Å². The summed E-state index contributed by atoms with van der Waals surface area (Å²) in [5, 5.41) is 14.1. The molecule has 0 radical (unpaired) electrons. The zero-order valence-corrected chi connectivity index (χ0v) is 25.2. The molecule has 1 unspecified atom stereocenters. The number of carbonyl (C=O) groups is 2. The van der Waals surface area contributed by atoms with E-state index in [2.05, 4.69) is 30.7 Å². The van der Waals surface area contributed by atoms with Gasteiger partial charge in [-0.1, -0.05) is 47.0 Å². The molecule has 0 saturated heterocycles. The van der Waals surface area contributed by atoms with Gasteiger partial charge in [0.1, 0.15) is 11.6 Å². The van der Waals surface area contributed by atoms with Crippen LogP contribution < -0.4 is 20.1 Å². The third kappa shape index (κ3) is 3.91. The molecule has 3 aromatic heterocycles. The Labute approximate surface area is 244 Å². The van der Waals surface area contributed by atoms with Gasteiger partial charge in [-0.25, -0.2) is 9.97 Å². The number of hydrogen-bond donors (Lipinski definition) is 1. The average molecular weight is 613 g/mol. The Balaban J connectivity index is 1.44. The van der Waals surface area contributed by atoms with E-state index < -0.39 is 11.9 Å². The highest BCUT2D eigenvalue weighted by Gasteiger charge is 2.41. The molecule has 0 amide bonds. The molecule has 0 spiro atoms. The van der Waals surface area contributed by atoms with Gasteiger partial charge < -0.3 is 14.9 Å². The number of benzene rings is 1. The van der Waals surface area contributed by atoms with Gasteiger partial charge in [-0.3, -0.25) is 9.59 Å². The molecule has 1 N–H and O–H groups in total. The number of aromatic nitrogens is 7. The van der Waals surface area contributed by atoms with Gasteiger partial charge in [-0.05, 0) is 27.7 Å². The van der Waals surface area contributed by atoms with Crippen LogP contribution in [0, 0.1) is 20.8 Å². The van der Waals surface area contributed by atoms with Crippen molar-refractivity contribution in [3.63, 3.8) is 0 Å². The van der Waals surface area contributed by atoms with Crippen LogP contribution in [0.3, 0.4) is 0 Å². The summed E-state index contributed by atoms with van der Waals surface area (Å²) in [5.74, 6) is 2.00. The Bertz CT molecular complexity index is 1850. The van der Waals surface area contributed by atoms with E-state index >= 15 is 0 Å². The zero-order chi connectivity index (χ0) is 28.0. The van der Waals surface area contributed by atoms with Crippen molar-refractivity contribution in [3.05, 3.63) is 32.6 Å². The summed E-state index contributed by atoms with van der Waals surface area (Å²) in [6.07, 6.45) is 0. The normalized spacial score (nSPS) is 17.4. The van der Waals surface area contributed by atoms with Crippen molar-refractivity contribution in [1.82, 2.24) is 34.7 Å². The van der Waals surface area contributed by atoms with Crippen LogP contribution in [-0.2, 0) is 9.59 Å². The number of aryl methyl sites for hydroxylation is 3. The quantitative estimate of drug-likeness (QED) is 0.260. The lowest BCUT2D eigenvalue weighted by Gasteiger charge is -2.15. The van der Waals surface area contributed by atoms with E-state index in [0.29, 0.717) is 38.6 Å².